The monoisotopic (exact) mass is 285 g/mol. The third-order valence-corrected chi connectivity index (χ3v) is 3.77. The van der Waals surface area contributed by atoms with Gasteiger partial charge < -0.3 is 18.9 Å². The Balaban J connectivity index is 1.66. The molecule has 0 fully saturated rings. The lowest BCUT2D eigenvalue weighted by Crippen LogP contribution is -2.40. The highest BCUT2D eigenvalue weighted by Gasteiger charge is 2.36. The standard InChI is InChI=1S/C11H11NO6S/c13-19(14,12-5-8-6-15-7-16-8)11-17-9-3-1-2-4-10(9)18-11/h1-4,6,11-12H,5,7H2. The molecule has 1 N–H and O–H groups in total. The maximum absolute atomic E-state index is 12.0. The van der Waals surface area contributed by atoms with Gasteiger partial charge in [0.05, 0.1) is 6.54 Å². The quantitative estimate of drug-likeness (QED) is 0.867. The molecule has 7 nitrogen and oxygen atoms in total. The fraction of sp³-hybridized carbons (Fsp3) is 0.273. The van der Waals surface area contributed by atoms with Crippen LogP contribution in [0.4, 0.5) is 0 Å². The molecule has 0 spiro atoms. The summed E-state index contributed by atoms with van der Waals surface area (Å²) in [7, 11) is -3.79. The Morgan fingerprint density at radius 1 is 1.21 bits per heavy atom. The molecule has 0 aromatic heterocycles. The van der Waals surface area contributed by atoms with E-state index < -0.39 is 15.6 Å². The lowest BCUT2D eigenvalue weighted by Gasteiger charge is -2.12. The number of hydrogen-bond acceptors (Lipinski definition) is 6. The van der Waals surface area contributed by atoms with Gasteiger partial charge in [0.2, 0.25) is 6.79 Å². The molecule has 0 aliphatic carbocycles. The summed E-state index contributed by atoms with van der Waals surface area (Å²) < 4.78 is 46.5. The van der Waals surface area contributed by atoms with E-state index in [-0.39, 0.29) is 13.3 Å². The van der Waals surface area contributed by atoms with Gasteiger partial charge in [0.15, 0.2) is 11.5 Å². The van der Waals surface area contributed by atoms with Crippen molar-refractivity contribution in [3.05, 3.63) is 36.3 Å². The Kier molecular flexibility index (Phi) is 2.96. The topological polar surface area (TPSA) is 83.1 Å². The number of rotatable bonds is 4. The van der Waals surface area contributed by atoms with Crippen LogP contribution in [-0.2, 0) is 19.5 Å². The predicted octanol–water partition coefficient (Wildman–Crippen LogP) is 0.506. The van der Waals surface area contributed by atoms with Crippen molar-refractivity contribution < 1.29 is 27.4 Å². The number of para-hydroxylation sites is 2. The summed E-state index contributed by atoms with van der Waals surface area (Å²) in [6, 6.07) is 6.75. The van der Waals surface area contributed by atoms with E-state index in [1.807, 2.05) is 0 Å². The molecule has 1 aromatic rings. The van der Waals surface area contributed by atoms with Crippen molar-refractivity contribution in [1.29, 1.82) is 0 Å². The molecule has 19 heavy (non-hydrogen) atoms. The lowest BCUT2D eigenvalue weighted by molar-refractivity contribution is 0.0793. The summed E-state index contributed by atoms with van der Waals surface area (Å²) in [5.74, 6) is 1.20. The van der Waals surface area contributed by atoms with Crippen LogP contribution in [0.5, 0.6) is 11.5 Å². The zero-order valence-electron chi connectivity index (χ0n) is 9.74. The van der Waals surface area contributed by atoms with Crippen LogP contribution in [0.1, 0.15) is 0 Å². The van der Waals surface area contributed by atoms with Crippen LogP contribution in [0.25, 0.3) is 0 Å². The highest BCUT2D eigenvalue weighted by molar-refractivity contribution is 7.89. The van der Waals surface area contributed by atoms with E-state index in [0.29, 0.717) is 17.3 Å². The van der Waals surface area contributed by atoms with Crippen LogP contribution < -0.4 is 14.2 Å². The van der Waals surface area contributed by atoms with Crippen molar-refractivity contribution in [1.82, 2.24) is 4.72 Å². The van der Waals surface area contributed by atoms with Gasteiger partial charge in [-0.3, -0.25) is 0 Å². The molecular formula is C11H11NO6S. The Labute approximate surface area is 109 Å². The van der Waals surface area contributed by atoms with E-state index in [4.69, 9.17) is 18.9 Å². The Morgan fingerprint density at radius 3 is 2.47 bits per heavy atom. The molecule has 8 heteroatoms. The summed E-state index contributed by atoms with van der Waals surface area (Å²) in [4.78, 5) is 0. The van der Waals surface area contributed by atoms with Gasteiger partial charge in [0.25, 0.3) is 10.0 Å². The molecule has 2 aliphatic heterocycles. The largest absolute Gasteiger partial charge is 0.462 e. The second-order valence-corrected chi connectivity index (χ2v) is 5.61. The molecule has 2 heterocycles. The van der Waals surface area contributed by atoms with Crippen LogP contribution in [-0.4, -0.2) is 27.4 Å². The number of fused-ring (bicyclic) bond motifs is 1. The molecule has 0 saturated carbocycles. The molecule has 3 rings (SSSR count). The summed E-state index contributed by atoms with van der Waals surface area (Å²) in [5.41, 5.74) is -1.40. The van der Waals surface area contributed by atoms with Gasteiger partial charge in [-0.05, 0) is 12.1 Å². The number of ether oxygens (including phenoxy) is 4. The third kappa shape index (κ3) is 2.45. The van der Waals surface area contributed by atoms with E-state index in [9.17, 15) is 8.42 Å². The fourth-order valence-corrected chi connectivity index (χ4v) is 2.55. The van der Waals surface area contributed by atoms with Crippen LogP contribution in [0, 0.1) is 0 Å². The molecule has 2 aliphatic rings. The zero-order chi connectivity index (χ0) is 13.3. The normalized spacial score (nSPS) is 17.8. The van der Waals surface area contributed by atoms with E-state index >= 15 is 0 Å². The van der Waals surface area contributed by atoms with Gasteiger partial charge in [0, 0.05) is 0 Å². The average molecular weight is 285 g/mol. The van der Waals surface area contributed by atoms with Crippen LogP contribution in [0.15, 0.2) is 36.3 Å². The minimum atomic E-state index is -3.79. The summed E-state index contributed by atoms with van der Waals surface area (Å²) in [6.07, 6.45) is 1.35. The second kappa shape index (κ2) is 4.63. The van der Waals surface area contributed by atoms with Gasteiger partial charge in [0.1, 0.15) is 12.0 Å². The minimum Gasteiger partial charge on any atom is -0.462 e. The molecule has 1 aromatic carbocycles. The lowest BCUT2D eigenvalue weighted by atomic mass is 10.3. The number of benzene rings is 1. The van der Waals surface area contributed by atoms with Gasteiger partial charge in [-0.1, -0.05) is 12.1 Å². The summed E-state index contributed by atoms with van der Waals surface area (Å²) in [6.45, 7) is 0.0842. The van der Waals surface area contributed by atoms with E-state index in [2.05, 4.69) is 4.72 Å². The molecular weight excluding hydrogens is 274 g/mol. The maximum atomic E-state index is 12.0. The molecule has 0 amide bonds. The van der Waals surface area contributed by atoms with Crippen molar-refractivity contribution in [2.45, 2.75) is 5.62 Å². The first-order chi connectivity index (χ1) is 9.15. The highest BCUT2D eigenvalue weighted by atomic mass is 32.2. The molecule has 0 bridgehead atoms. The fourth-order valence-electron chi connectivity index (χ4n) is 1.61. The summed E-state index contributed by atoms with van der Waals surface area (Å²) in [5, 5.41) is 0. The number of sulfonamides is 1. The maximum Gasteiger partial charge on any atom is 0.360 e. The SMILES string of the molecule is O=S(=O)(NCC1=COCO1)C1Oc2ccccc2O1. The van der Waals surface area contributed by atoms with Gasteiger partial charge in [-0.25, -0.2) is 13.1 Å². The molecule has 0 radical (unpaired) electrons. The van der Waals surface area contributed by atoms with Crippen LogP contribution >= 0.6 is 0 Å². The Morgan fingerprint density at radius 2 is 1.89 bits per heavy atom. The van der Waals surface area contributed by atoms with Gasteiger partial charge in [-0.15, -0.1) is 0 Å². The Hall–Kier alpha value is -1.93. The molecule has 0 unspecified atom stereocenters. The van der Waals surface area contributed by atoms with E-state index in [1.54, 1.807) is 24.3 Å². The van der Waals surface area contributed by atoms with Crippen molar-refractivity contribution >= 4 is 10.0 Å². The van der Waals surface area contributed by atoms with Crippen LogP contribution in [0.3, 0.4) is 0 Å². The number of nitrogens with one attached hydrogen (secondary N) is 1. The highest BCUT2D eigenvalue weighted by Crippen LogP contribution is 2.35. The average Bonchev–Trinajstić information content (AvgIpc) is 3.05. The molecule has 0 saturated heterocycles. The van der Waals surface area contributed by atoms with Crippen molar-refractivity contribution in [3.63, 3.8) is 0 Å². The van der Waals surface area contributed by atoms with Crippen LogP contribution in [0.2, 0.25) is 0 Å². The van der Waals surface area contributed by atoms with E-state index in [1.165, 1.54) is 6.26 Å². The van der Waals surface area contributed by atoms with Crippen molar-refractivity contribution in [2.24, 2.45) is 0 Å². The van der Waals surface area contributed by atoms with Crippen molar-refractivity contribution in [2.75, 3.05) is 13.3 Å². The van der Waals surface area contributed by atoms with E-state index in [0.717, 1.165) is 0 Å². The third-order valence-electron chi connectivity index (χ3n) is 2.52. The smallest absolute Gasteiger partial charge is 0.360 e. The van der Waals surface area contributed by atoms with Crippen molar-refractivity contribution in [3.8, 4) is 11.5 Å². The van der Waals surface area contributed by atoms with Gasteiger partial charge in [-0.2, -0.15) is 0 Å². The van der Waals surface area contributed by atoms with Gasteiger partial charge >= 0.3 is 5.62 Å². The first-order valence-corrected chi connectivity index (χ1v) is 7.04. The Bertz CT molecular complexity index is 586. The predicted molar refractivity (Wildman–Crippen MR) is 63.5 cm³/mol. The first-order valence-electron chi connectivity index (χ1n) is 5.49. The molecule has 102 valence electrons. The molecule has 0 atom stereocenters. The number of hydrogen-bond donors (Lipinski definition) is 1. The second-order valence-electron chi connectivity index (χ2n) is 3.85. The minimum absolute atomic E-state index is 0.0120. The first kappa shape index (κ1) is 12.1. The summed E-state index contributed by atoms with van der Waals surface area (Å²) >= 11 is 0. The zero-order valence-corrected chi connectivity index (χ0v) is 10.6.